The Balaban J connectivity index is 2.07. The van der Waals surface area contributed by atoms with Gasteiger partial charge in [0.2, 0.25) is 0 Å². The molecule has 3 atom stereocenters. The zero-order valence-electron chi connectivity index (χ0n) is 15.1. The van der Waals surface area contributed by atoms with E-state index in [0.717, 1.165) is 24.8 Å². The van der Waals surface area contributed by atoms with Crippen LogP contribution in [0.3, 0.4) is 0 Å². The molecule has 0 unspecified atom stereocenters. The Labute approximate surface area is 151 Å². The average Bonchev–Trinajstić information content (AvgIpc) is 2.62. The highest BCUT2D eigenvalue weighted by Crippen LogP contribution is 2.49. The first kappa shape index (κ1) is 17.7. The van der Waals surface area contributed by atoms with E-state index in [-0.39, 0.29) is 11.8 Å². The molecule has 0 radical (unpaired) electrons. The number of rotatable bonds is 6. The van der Waals surface area contributed by atoms with Gasteiger partial charge in [0, 0.05) is 0 Å². The zero-order valence-corrected chi connectivity index (χ0v) is 15.1. The maximum absolute atomic E-state index is 11.8. The van der Waals surface area contributed by atoms with Crippen molar-refractivity contribution in [1.29, 1.82) is 0 Å². The van der Waals surface area contributed by atoms with Gasteiger partial charge < -0.3 is 5.11 Å². The maximum Gasteiger partial charge on any atom is 0.0967 e. The van der Waals surface area contributed by atoms with Crippen LogP contribution in [0.4, 0.5) is 0 Å². The van der Waals surface area contributed by atoms with Crippen molar-refractivity contribution >= 4 is 0 Å². The van der Waals surface area contributed by atoms with E-state index in [4.69, 9.17) is 0 Å². The minimum atomic E-state index is -0.866. The van der Waals surface area contributed by atoms with Gasteiger partial charge in [-0.3, -0.25) is 0 Å². The quantitative estimate of drug-likeness (QED) is 0.675. The van der Waals surface area contributed by atoms with Crippen LogP contribution in [0.5, 0.6) is 0 Å². The minimum Gasteiger partial charge on any atom is -0.385 e. The second-order valence-electron chi connectivity index (χ2n) is 7.26. The lowest BCUT2D eigenvalue weighted by atomic mass is 9.63. The molecule has 0 fully saturated rings. The monoisotopic (exact) mass is 332 g/mol. The lowest BCUT2D eigenvalue weighted by molar-refractivity contribution is -0.0439. The summed E-state index contributed by atoms with van der Waals surface area (Å²) in [7, 11) is 0. The third kappa shape index (κ3) is 3.34. The molecule has 2 aromatic carbocycles. The van der Waals surface area contributed by atoms with Crippen LogP contribution in [0, 0.1) is 12.8 Å². The number of hydrogen-bond acceptors (Lipinski definition) is 1. The van der Waals surface area contributed by atoms with Crippen LogP contribution in [-0.4, -0.2) is 5.11 Å². The van der Waals surface area contributed by atoms with E-state index in [1.807, 2.05) is 18.2 Å². The van der Waals surface area contributed by atoms with Crippen LogP contribution in [0.1, 0.15) is 47.4 Å². The van der Waals surface area contributed by atoms with Crippen LogP contribution >= 0.6 is 0 Å². The van der Waals surface area contributed by atoms with E-state index in [9.17, 15) is 5.11 Å². The van der Waals surface area contributed by atoms with Gasteiger partial charge in [0.15, 0.2) is 0 Å². The van der Waals surface area contributed by atoms with Crippen molar-refractivity contribution in [3.8, 4) is 0 Å². The Kier molecular flexibility index (Phi) is 5.24. The Morgan fingerprint density at radius 2 is 1.84 bits per heavy atom. The Morgan fingerprint density at radius 3 is 2.52 bits per heavy atom. The Hall–Kier alpha value is -2.12. The molecule has 3 rings (SSSR count). The molecule has 1 nitrogen and oxygen atoms in total. The van der Waals surface area contributed by atoms with Gasteiger partial charge in [-0.2, -0.15) is 0 Å². The Morgan fingerprint density at radius 1 is 1.12 bits per heavy atom. The molecule has 0 saturated carbocycles. The predicted octanol–water partition coefficient (Wildman–Crippen LogP) is 5.68. The third-order valence-electron chi connectivity index (χ3n) is 5.69. The number of benzene rings is 2. The van der Waals surface area contributed by atoms with Gasteiger partial charge in [-0.25, -0.2) is 0 Å². The second kappa shape index (κ2) is 7.41. The summed E-state index contributed by atoms with van der Waals surface area (Å²) in [5.74, 6) is 0.414. The molecular formula is C24H28O. The van der Waals surface area contributed by atoms with Gasteiger partial charge in [-0.1, -0.05) is 66.2 Å². The van der Waals surface area contributed by atoms with Gasteiger partial charge in [0.05, 0.1) is 5.60 Å². The van der Waals surface area contributed by atoms with Crippen molar-refractivity contribution in [2.24, 2.45) is 5.92 Å². The predicted molar refractivity (Wildman–Crippen MR) is 106 cm³/mol. The van der Waals surface area contributed by atoms with Crippen LogP contribution < -0.4 is 0 Å². The molecule has 0 saturated heterocycles. The van der Waals surface area contributed by atoms with Crippen molar-refractivity contribution < 1.29 is 5.11 Å². The molecule has 0 aliphatic heterocycles. The number of aryl methyl sites for hydroxylation is 2. The summed E-state index contributed by atoms with van der Waals surface area (Å²) in [6.07, 6.45) is 7.28. The molecule has 2 aromatic rings. The number of fused-ring (bicyclic) bond motifs is 1. The van der Waals surface area contributed by atoms with Gasteiger partial charge in [-0.15, -0.1) is 13.2 Å². The molecule has 0 bridgehead atoms. The minimum absolute atomic E-state index is 0.154. The van der Waals surface area contributed by atoms with Crippen molar-refractivity contribution in [3.63, 3.8) is 0 Å². The highest BCUT2D eigenvalue weighted by molar-refractivity contribution is 5.38. The molecule has 1 aliphatic carbocycles. The number of hydrogen-bond donors (Lipinski definition) is 1. The second-order valence-corrected chi connectivity index (χ2v) is 7.26. The van der Waals surface area contributed by atoms with Crippen LogP contribution in [0.15, 0.2) is 73.8 Å². The first-order valence-corrected chi connectivity index (χ1v) is 9.19. The van der Waals surface area contributed by atoms with Crippen molar-refractivity contribution in [3.05, 3.63) is 96.1 Å². The molecule has 130 valence electrons. The van der Waals surface area contributed by atoms with Crippen molar-refractivity contribution in [2.45, 2.75) is 44.1 Å². The lowest BCUT2D eigenvalue weighted by Crippen LogP contribution is -2.42. The molecular weight excluding hydrogens is 304 g/mol. The first-order valence-electron chi connectivity index (χ1n) is 9.19. The van der Waals surface area contributed by atoms with Gasteiger partial charge in [-0.05, 0) is 61.1 Å². The van der Waals surface area contributed by atoms with E-state index in [1.165, 1.54) is 16.7 Å². The molecule has 1 N–H and O–H groups in total. The molecule has 1 heteroatoms. The van der Waals surface area contributed by atoms with E-state index < -0.39 is 5.60 Å². The molecule has 0 heterocycles. The third-order valence-corrected chi connectivity index (χ3v) is 5.69. The summed E-state index contributed by atoms with van der Waals surface area (Å²) in [6.45, 7) is 10.00. The van der Waals surface area contributed by atoms with Crippen molar-refractivity contribution in [2.75, 3.05) is 0 Å². The van der Waals surface area contributed by atoms with Crippen molar-refractivity contribution in [1.82, 2.24) is 0 Å². The topological polar surface area (TPSA) is 20.2 Å². The highest BCUT2D eigenvalue weighted by Gasteiger charge is 2.45. The van der Waals surface area contributed by atoms with Gasteiger partial charge in [0.25, 0.3) is 0 Å². The summed E-state index contributed by atoms with van der Waals surface area (Å²) in [4.78, 5) is 0. The molecule has 0 spiro atoms. The van der Waals surface area contributed by atoms with Crippen LogP contribution in [0.2, 0.25) is 0 Å². The highest BCUT2D eigenvalue weighted by atomic mass is 16.3. The SMILES string of the molecule is C=CC[C@H](c1ccc(C)cc1)[C@@H]1CCc2ccccc2[C@@]1(O)CC=C. The van der Waals surface area contributed by atoms with E-state index in [2.05, 4.69) is 62.5 Å². The van der Waals surface area contributed by atoms with Crippen LogP contribution in [-0.2, 0) is 12.0 Å². The summed E-state index contributed by atoms with van der Waals surface area (Å²) in [5, 5.41) is 11.8. The number of aliphatic hydroxyl groups is 1. The fourth-order valence-corrected chi connectivity index (χ4v) is 4.45. The largest absolute Gasteiger partial charge is 0.385 e. The smallest absolute Gasteiger partial charge is 0.0967 e. The molecule has 25 heavy (non-hydrogen) atoms. The van der Waals surface area contributed by atoms with Gasteiger partial charge in [0.1, 0.15) is 0 Å². The summed E-state index contributed by atoms with van der Waals surface area (Å²) >= 11 is 0. The standard InChI is InChI=1S/C24H28O/c1-4-8-21(19-13-11-18(3)12-14-19)23-16-15-20-9-6-7-10-22(20)24(23,25)17-5-2/h4-7,9-14,21,23,25H,1-2,8,15-17H2,3H3/t21-,23+,24+/m1/s1. The summed E-state index contributed by atoms with van der Waals surface area (Å²) < 4.78 is 0. The molecule has 1 aliphatic rings. The first-order chi connectivity index (χ1) is 12.1. The normalized spacial score (nSPS) is 23.5. The van der Waals surface area contributed by atoms with Crippen LogP contribution in [0.25, 0.3) is 0 Å². The molecule has 0 aromatic heterocycles. The lowest BCUT2D eigenvalue weighted by Gasteiger charge is -2.45. The number of allylic oxidation sites excluding steroid dienone is 1. The Bertz CT molecular complexity index is 743. The maximum atomic E-state index is 11.8. The van der Waals surface area contributed by atoms with E-state index >= 15 is 0 Å². The van der Waals surface area contributed by atoms with E-state index in [1.54, 1.807) is 0 Å². The van der Waals surface area contributed by atoms with E-state index in [0.29, 0.717) is 6.42 Å². The fourth-order valence-electron chi connectivity index (χ4n) is 4.45. The zero-order chi connectivity index (χ0) is 17.9. The fraction of sp³-hybridized carbons (Fsp3) is 0.333. The summed E-state index contributed by atoms with van der Waals surface area (Å²) in [6, 6.07) is 17.1. The van der Waals surface area contributed by atoms with Gasteiger partial charge >= 0.3 is 0 Å². The molecule has 0 amide bonds. The summed E-state index contributed by atoms with van der Waals surface area (Å²) in [5.41, 5.74) is 4.03. The average molecular weight is 332 g/mol.